The summed E-state index contributed by atoms with van der Waals surface area (Å²) in [7, 11) is 0. The van der Waals surface area contributed by atoms with Crippen LogP contribution in [0.3, 0.4) is 0 Å². The number of aromatic nitrogens is 5. The van der Waals surface area contributed by atoms with E-state index in [1.54, 1.807) is 26.2 Å². The second-order valence-corrected chi connectivity index (χ2v) is 3.91. The van der Waals surface area contributed by atoms with Crippen LogP contribution in [0.2, 0.25) is 0 Å². The average Bonchev–Trinajstić information content (AvgIpc) is 2.61. The van der Waals surface area contributed by atoms with Crippen LogP contribution < -0.4 is 5.32 Å². The van der Waals surface area contributed by atoms with E-state index in [9.17, 15) is 5.11 Å². The van der Waals surface area contributed by atoms with Crippen molar-refractivity contribution in [2.45, 2.75) is 19.4 Å². The molecule has 0 amide bonds. The van der Waals surface area contributed by atoms with Crippen molar-refractivity contribution < 1.29 is 5.11 Å². The van der Waals surface area contributed by atoms with Crippen LogP contribution in [0.5, 0.6) is 0 Å². The lowest BCUT2D eigenvalue weighted by atomic mass is 10.1. The Morgan fingerprint density at radius 2 is 2.27 bits per heavy atom. The zero-order valence-corrected chi connectivity index (χ0v) is 8.55. The molecule has 0 fully saturated rings. The molecule has 7 heteroatoms. The summed E-state index contributed by atoms with van der Waals surface area (Å²) >= 11 is 0. The molecule has 0 aliphatic heterocycles. The van der Waals surface area contributed by atoms with E-state index in [-0.39, 0.29) is 0 Å². The highest BCUT2D eigenvalue weighted by Gasteiger charge is 2.13. The first-order valence-electron chi connectivity index (χ1n) is 4.55. The summed E-state index contributed by atoms with van der Waals surface area (Å²) in [6.45, 7) is 3.83. The first-order chi connectivity index (χ1) is 7.06. The molecule has 0 saturated carbocycles. The number of aliphatic hydroxyl groups is 1. The minimum atomic E-state index is -0.795. The molecular formula is C8H12N6O. The Labute approximate surface area is 86.1 Å². The first kappa shape index (κ1) is 9.78. The summed E-state index contributed by atoms with van der Waals surface area (Å²) in [5, 5.41) is 23.7. The van der Waals surface area contributed by atoms with Gasteiger partial charge in [-0.25, -0.2) is 0 Å². The largest absolute Gasteiger partial charge is 0.389 e. The van der Waals surface area contributed by atoms with Crippen LogP contribution in [0, 0.1) is 0 Å². The molecule has 0 aliphatic rings. The normalized spacial score (nSPS) is 11.9. The molecular weight excluding hydrogens is 196 g/mol. The molecule has 80 valence electrons. The quantitative estimate of drug-likeness (QED) is 0.720. The third-order valence-corrected chi connectivity index (χ3v) is 1.81. The van der Waals surface area contributed by atoms with Crippen LogP contribution in [0.4, 0.5) is 5.82 Å². The van der Waals surface area contributed by atoms with Gasteiger partial charge >= 0.3 is 0 Å². The van der Waals surface area contributed by atoms with Gasteiger partial charge in [0.25, 0.3) is 0 Å². The molecule has 2 heterocycles. The Morgan fingerprint density at radius 3 is 3.00 bits per heavy atom. The lowest BCUT2D eigenvalue weighted by Gasteiger charge is -2.18. The summed E-state index contributed by atoms with van der Waals surface area (Å²) in [5.74, 6) is 0.652. The number of nitrogens with one attached hydrogen (secondary N) is 1. The van der Waals surface area contributed by atoms with Crippen molar-refractivity contribution in [3.05, 3.63) is 12.4 Å². The molecule has 0 saturated heterocycles. The first-order valence-corrected chi connectivity index (χ1v) is 4.55. The maximum atomic E-state index is 9.56. The number of anilines is 1. The highest BCUT2D eigenvalue weighted by molar-refractivity contribution is 5.43. The van der Waals surface area contributed by atoms with E-state index in [0.29, 0.717) is 18.0 Å². The second-order valence-electron chi connectivity index (χ2n) is 3.91. The van der Waals surface area contributed by atoms with Gasteiger partial charge in [-0.05, 0) is 24.3 Å². The fourth-order valence-electron chi connectivity index (χ4n) is 1.10. The molecule has 0 aromatic carbocycles. The van der Waals surface area contributed by atoms with Crippen molar-refractivity contribution in [2.24, 2.45) is 0 Å². The van der Waals surface area contributed by atoms with Gasteiger partial charge in [0.2, 0.25) is 0 Å². The summed E-state index contributed by atoms with van der Waals surface area (Å²) in [6.07, 6.45) is 3.17. The Hall–Kier alpha value is -1.76. The molecule has 0 atom stereocenters. The van der Waals surface area contributed by atoms with Gasteiger partial charge in [-0.1, -0.05) is 0 Å². The molecule has 15 heavy (non-hydrogen) atoms. The monoisotopic (exact) mass is 208 g/mol. The summed E-state index contributed by atoms with van der Waals surface area (Å²) in [4.78, 5) is 3.98. The van der Waals surface area contributed by atoms with Crippen LogP contribution in [0.15, 0.2) is 12.4 Å². The highest BCUT2D eigenvalue weighted by atomic mass is 16.3. The molecule has 0 radical (unpaired) electrons. The van der Waals surface area contributed by atoms with Crippen molar-refractivity contribution in [1.82, 2.24) is 25.0 Å². The standard InChI is InChI=1S/C8H12N6O/c1-8(2,15)5-10-6-3-9-4-7-11-12-13-14(6)7/h3-4,10,15H,5H2,1-2H3. The van der Waals surface area contributed by atoms with Crippen molar-refractivity contribution in [3.63, 3.8) is 0 Å². The van der Waals surface area contributed by atoms with Crippen molar-refractivity contribution in [3.8, 4) is 0 Å². The van der Waals surface area contributed by atoms with Gasteiger partial charge < -0.3 is 10.4 Å². The Bertz CT molecular complexity index is 459. The molecule has 2 aromatic rings. The van der Waals surface area contributed by atoms with E-state index in [4.69, 9.17) is 0 Å². The number of tetrazole rings is 1. The Kier molecular flexibility index (Phi) is 2.24. The van der Waals surface area contributed by atoms with Gasteiger partial charge in [0.1, 0.15) is 0 Å². The smallest absolute Gasteiger partial charge is 0.199 e. The summed E-state index contributed by atoms with van der Waals surface area (Å²) in [5.41, 5.74) is -0.230. The minimum absolute atomic E-state index is 0.396. The van der Waals surface area contributed by atoms with Gasteiger partial charge in [-0.3, -0.25) is 4.98 Å². The third kappa shape index (κ3) is 2.18. The van der Waals surface area contributed by atoms with Crippen molar-refractivity contribution in [2.75, 3.05) is 11.9 Å². The van der Waals surface area contributed by atoms with Gasteiger partial charge in [-0.15, -0.1) is 5.10 Å². The lowest BCUT2D eigenvalue weighted by molar-refractivity contribution is 0.0944. The molecule has 2 rings (SSSR count). The van der Waals surface area contributed by atoms with Crippen LogP contribution in [-0.4, -0.2) is 42.3 Å². The molecule has 2 N–H and O–H groups in total. The second kappa shape index (κ2) is 3.43. The van der Waals surface area contributed by atoms with Gasteiger partial charge in [-0.2, -0.15) is 4.52 Å². The molecule has 0 aliphatic carbocycles. The van der Waals surface area contributed by atoms with Crippen LogP contribution >= 0.6 is 0 Å². The Morgan fingerprint density at radius 1 is 1.47 bits per heavy atom. The average molecular weight is 208 g/mol. The zero-order valence-electron chi connectivity index (χ0n) is 8.55. The van der Waals surface area contributed by atoms with Crippen LogP contribution in [0.25, 0.3) is 5.65 Å². The Balaban J connectivity index is 2.24. The van der Waals surface area contributed by atoms with E-state index < -0.39 is 5.60 Å². The summed E-state index contributed by atoms with van der Waals surface area (Å²) < 4.78 is 1.53. The highest BCUT2D eigenvalue weighted by Crippen LogP contribution is 2.08. The van der Waals surface area contributed by atoms with E-state index in [1.165, 1.54) is 4.52 Å². The molecule has 0 unspecified atom stereocenters. The number of rotatable bonds is 3. The van der Waals surface area contributed by atoms with E-state index in [2.05, 4.69) is 25.8 Å². The van der Waals surface area contributed by atoms with Crippen LogP contribution in [-0.2, 0) is 0 Å². The van der Waals surface area contributed by atoms with Crippen molar-refractivity contribution in [1.29, 1.82) is 0 Å². The maximum Gasteiger partial charge on any atom is 0.199 e. The zero-order chi connectivity index (χ0) is 10.9. The van der Waals surface area contributed by atoms with E-state index in [0.717, 1.165) is 0 Å². The minimum Gasteiger partial charge on any atom is -0.389 e. The van der Waals surface area contributed by atoms with E-state index in [1.807, 2.05) is 0 Å². The number of hydrogen-bond donors (Lipinski definition) is 2. The van der Waals surface area contributed by atoms with E-state index >= 15 is 0 Å². The molecule has 7 nitrogen and oxygen atoms in total. The van der Waals surface area contributed by atoms with Gasteiger partial charge in [0.15, 0.2) is 11.5 Å². The van der Waals surface area contributed by atoms with Crippen molar-refractivity contribution >= 4 is 11.5 Å². The van der Waals surface area contributed by atoms with Gasteiger partial charge in [0, 0.05) is 6.54 Å². The molecule has 0 spiro atoms. The summed E-state index contributed by atoms with van der Waals surface area (Å²) in [6, 6.07) is 0. The predicted molar refractivity (Wildman–Crippen MR) is 53.4 cm³/mol. The number of nitrogens with zero attached hydrogens (tertiary/aromatic N) is 5. The topological polar surface area (TPSA) is 88.2 Å². The lowest BCUT2D eigenvalue weighted by Crippen LogP contribution is -2.30. The number of hydrogen-bond acceptors (Lipinski definition) is 6. The number of fused-ring (bicyclic) bond motifs is 1. The fourth-order valence-corrected chi connectivity index (χ4v) is 1.10. The molecule has 2 aromatic heterocycles. The van der Waals surface area contributed by atoms with Gasteiger partial charge in [0.05, 0.1) is 18.0 Å². The predicted octanol–water partition coefficient (Wildman–Crippen LogP) is -0.298. The maximum absolute atomic E-state index is 9.56. The molecule has 0 bridgehead atoms. The SMILES string of the molecule is CC(C)(O)CNc1cncc2nnnn12. The fraction of sp³-hybridized carbons (Fsp3) is 0.500. The van der Waals surface area contributed by atoms with Crippen LogP contribution in [0.1, 0.15) is 13.8 Å². The third-order valence-electron chi connectivity index (χ3n) is 1.81.